The number of piperidine rings is 1. The van der Waals surface area contributed by atoms with Gasteiger partial charge in [-0.15, -0.1) is 0 Å². The second-order valence-electron chi connectivity index (χ2n) is 9.19. The molecule has 0 bridgehead atoms. The number of hydrogen-bond donors (Lipinski definition) is 2. The fourth-order valence-corrected chi connectivity index (χ4v) is 6.01. The molecule has 0 spiro atoms. The molecule has 1 atom stereocenters. The predicted molar refractivity (Wildman–Crippen MR) is 129 cm³/mol. The molecule has 2 heterocycles. The number of rotatable bonds is 5. The molecule has 2 N–H and O–H groups in total. The average molecular weight is 470 g/mol. The van der Waals surface area contributed by atoms with Crippen LogP contribution in [0.1, 0.15) is 56.6 Å². The molecule has 0 aromatic heterocycles. The molecule has 2 aliphatic rings. The number of fused-ring (bicyclic) bond motifs is 1. The van der Waals surface area contributed by atoms with Crippen LogP contribution in [0, 0.1) is 5.92 Å². The number of sulfonamides is 1. The second kappa shape index (κ2) is 9.65. The predicted octanol–water partition coefficient (Wildman–Crippen LogP) is 4.12. The molecule has 1 fully saturated rings. The van der Waals surface area contributed by atoms with Crippen molar-refractivity contribution in [1.29, 1.82) is 0 Å². The molecule has 0 saturated carbocycles. The van der Waals surface area contributed by atoms with E-state index in [9.17, 15) is 18.0 Å². The van der Waals surface area contributed by atoms with Crippen molar-refractivity contribution in [1.82, 2.24) is 4.31 Å². The summed E-state index contributed by atoms with van der Waals surface area (Å²) in [7, 11) is -3.73. The Hall–Kier alpha value is -2.71. The maximum Gasteiger partial charge on any atom is 0.243 e. The van der Waals surface area contributed by atoms with Crippen LogP contribution in [-0.4, -0.2) is 37.6 Å². The van der Waals surface area contributed by atoms with E-state index in [2.05, 4.69) is 24.5 Å². The Morgan fingerprint density at radius 1 is 1.09 bits per heavy atom. The Morgan fingerprint density at radius 2 is 1.85 bits per heavy atom. The third-order valence-electron chi connectivity index (χ3n) is 6.44. The van der Waals surface area contributed by atoms with E-state index in [1.165, 1.54) is 9.87 Å². The third-order valence-corrected chi connectivity index (χ3v) is 8.30. The number of aryl methyl sites for hydroxylation is 1. The van der Waals surface area contributed by atoms with E-state index in [-0.39, 0.29) is 23.3 Å². The number of carbonyl (C=O) groups excluding carboxylic acids is 2. The number of benzene rings is 2. The summed E-state index contributed by atoms with van der Waals surface area (Å²) in [6.07, 6.45) is 3.05. The first-order valence-electron chi connectivity index (χ1n) is 11.6. The molecule has 33 heavy (non-hydrogen) atoms. The SMILES string of the molecule is CC(C)c1ccc(NC(=O)C2CCCN(S(=O)(=O)c3ccc4c(c3)CCCC(=O)N4)C2)cc1. The monoisotopic (exact) mass is 469 g/mol. The van der Waals surface area contributed by atoms with Crippen molar-refractivity contribution < 1.29 is 18.0 Å². The van der Waals surface area contributed by atoms with E-state index in [0.717, 1.165) is 11.3 Å². The number of carbonyl (C=O) groups is 2. The Bertz CT molecular complexity index is 1140. The minimum absolute atomic E-state index is 0.0481. The van der Waals surface area contributed by atoms with Gasteiger partial charge in [0.2, 0.25) is 21.8 Å². The molecule has 7 nitrogen and oxygen atoms in total. The van der Waals surface area contributed by atoms with Gasteiger partial charge in [0.15, 0.2) is 0 Å². The summed E-state index contributed by atoms with van der Waals surface area (Å²) in [4.78, 5) is 24.9. The summed E-state index contributed by atoms with van der Waals surface area (Å²) in [6, 6.07) is 12.6. The lowest BCUT2D eigenvalue weighted by Gasteiger charge is -2.31. The molecule has 1 unspecified atom stereocenters. The zero-order valence-corrected chi connectivity index (χ0v) is 20.0. The van der Waals surface area contributed by atoms with Gasteiger partial charge in [0.1, 0.15) is 0 Å². The van der Waals surface area contributed by atoms with E-state index < -0.39 is 15.9 Å². The highest BCUT2D eigenvalue weighted by molar-refractivity contribution is 7.89. The van der Waals surface area contributed by atoms with E-state index in [0.29, 0.717) is 50.3 Å². The molecule has 0 aliphatic carbocycles. The van der Waals surface area contributed by atoms with Crippen LogP contribution in [0.4, 0.5) is 11.4 Å². The number of anilines is 2. The molecule has 8 heteroatoms. The molecule has 2 aromatic carbocycles. The summed E-state index contributed by atoms with van der Waals surface area (Å²) < 4.78 is 28.1. The van der Waals surface area contributed by atoms with Gasteiger partial charge in [-0.05, 0) is 73.1 Å². The van der Waals surface area contributed by atoms with Gasteiger partial charge in [0, 0.05) is 30.9 Å². The molecule has 1 saturated heterocycles. The van der Waals surface area contributed by atoms with Gasteiger partial charge in [-0.3, -0.25) is 9.59 Å². The van der Waals surface area contributed by atoms with Crippen molar-refractivity contribution in [2.24, 2.45) is 5.92 Å². The van der Waals surface area contributed by atoms with Crippen LogP contribution in [0.25, 0.3) is 0 Å². The van der Waals surface area contributed by atoms with Gasteiger partial charge < -0.3 is 10.6 Å². The average Bonchev–Trinajstić information content (AvgIpc) is 2.99. The largest absolute Gasteiger partial charge is 0.326 e. The molecule has 176 valence electrons. The van der Waals surface area contributed by atoms with E-state index >= 15 is 0 Å². The van der Waals surface area contributed by atoms with Gasteiger partial charge in [-0.2, -0.15) is 4.31 Å². The summed E-state index contributed by atoms with van der Waals surface area (Å²) >= 11 is 0. The number of nitrogens with zero attached hydrogens (tertiary/aromatic N) is 1. The van der Waals surface area contributed by atoms with Gasteiger partial charge in [0.25, 0.3) is 0 Å². The summed E-state index contributed by atoms with van der Waals surface area (Å²) in [5.41, 5.74) is 3.43. The lowest BCUT2D eigenvalue weighted by atomic mass is 9.98. The normalized spacial score (nSPS) is 19.5. The van der Waals surface area contributed by atoms with E-state index in [4.69, 9.17) is 0 Å². The van der Waals surface area contributed by atoms with Gasteiger partial charge in [-0.25, -0.2) is 8.42 Å². The van der Waals surface area contributed by atoms with Crippen LogP contribution < -0.4 is 10.6 Å². The highest BCUT2D eigenvalue weighted by Gasteiger charge is 2.34. The molecular weight excluding hydrogens is 438 g/mol. The zero-order valence-electron chi connectivity index (χ0n) is 19.1. The first kappa shape index (κ1) is 23.4. The Balaban J connectivity index is 1.46. The molecular formula is C25H31N3O4S. The number of amides is 2. The zero-order chi connectivity index (χ0) is 23.6. The van der Waals surface area contributed by atoms with Crippen molar-refractivity contribution in [3.05, 3.63) is 53.6 Å². The van der Waals surface area contributed by atoms with Crippen LogP contribution in [0.3, 0.4) is 0 Å². The van der Waals surface area contributed by atoms with Crippen molar-refractivity contribution >= 4 is 33.2 Å². The van der Waals surface area contributed by atoms with Crippen molar-refractivity contribution in [2.75, 3.05) is 23.7 Å². The van der Waals surface area contributed by atoms with E-state index in [1.807, 2.05) is 24.3 Å². The Kier molecular flexibility index (Phi) is 6.86. The van der Waals surface area contributed by atoms with Crippen molar-refractivity contribution in [3.8, 4) is 0 Å². The fraction of sp³-hybridized carbons (Fsp3) is 0.440. The van der Waals surface area contributed by atoms with Crippen LogP contribution in [0.15, 0.2) is 47.4 Å². The molecule has 4 rings (SSSR count). The van der Waals surface area contributed by atoms with E-state index in [1.54, 1.807) is 18.2 Å². The molecule has 0 radical (unpaired) electrons. The molecule has 2 aromatic rings. The highest BCUT2D eigenvalue weighted by Crippen LogP contribution is 2.29. The van der Waals surface area contributed by atoms with Crippen LogP contribution in [-0.2, 0) is 26.0 Å². The van der Waals surface area contributed by atoms with Gasteiger partial charge >= 0.3 is 0 Å². The van der Waals surface area contributed by atoms with Crippen LogP contribution >= 0.6 is 0 Å². The Morgan fingerprint density at radius 3 is 2.58 bits per heavy atom. The first-order valence-corrected chi connectivity index (χ1v) is 13.0. The van der Waals surface area contributed by atoms with Crippen LogP contribution in [0.5, 0.6) is 0 Å². The minimum Gasteiger partial charge on any atom is -0.326 e. The lowest BCUT2D eigenvalue weighted by molar-refractivity contribution is -0.121. The summed E-state index contributed by atoms with van der Waals surface area (Å²) in [5.74, 6) is -0.195. The maximum atomic E-state index is 13.4. The number of hydrogen-bond acceptors (Lipinski definition) is 4. The quantitative estimate of drug-likeness (QED) is 0.688. The van der Waals surface area contributed by atoms with Crippen LogP contribution in [0.2, 0.25) is 0 Å². The minimum atomic E-state index is -3.73. The highest BCUT2D eigenvalue weighted by atomic mass is 32.2. The molecule has 2 amide bonds. The third kappa shape index (κ3) is 5.28. The van der Waals surface area contributed by atoms with Gasteiger partial charge in [-0.1, -0.05) is 26.0 Å². The van der Waals surface area contributed by atoms with Crippen molar-refractivity contribution in [3.63, 3.8) is 0 Å². The topological polar surface area (TPSA) is 95.6 Å². The standard InChI is InChI=1S/C25H31N3O4S/c1-17(2)18-8-10-21(11-9-18)26-25(30)20-6-4-14-28(16-20)33(31,32)22-12-13-23-19(15-22)5-3-7-24(29)27-23/h8-13,15,17,20H,3-7,14,16H2,1-2H3,(H,26,30)(H,27,29). The first-order chi connectivity index (χ1) is 15.7. The summed E-state index contributed by atoms with van der Waals surface area (Å²) in [5, 5.41) is 5.78. The molecule has 2 aliphatic heterocycles. The summed E-state index contributed by atoms with van der Waals surface area (Å²) in [6.45, 7) is 4.78. The Labute approximate surface area is 195 Å². The smallest absolute Gasteiger partial charge is 0.243 e. The fourth-order valence-electron chi connectivity index (χ4n) is 4.43. The van der Waals surface area contributed by atoms with Gasteiger partial charge in [0.05, 0.1) is 10.8 Å². The number of nitrogens with one attached hydrogen (secondary N) is 2. The van der Waals surface area contributed by atoms with Crippen molar-refractivity contribution in [2.45, 2.75) is 56.8 Å². The lowest BCUT2D eigenvalue weighted by Crippen LogP contribution is -2.43. The maximum absolute atomic E-state index is 13.4. The second-order valence-corrected chi connectivity index (χ2v) is 11.1.